The van der Waals surface area contributed by atoms with Crippen LogP contribution in [0.25, 0.3) is 0 Å². The van der Waals surface area contributed by atoms with Crippen molar-refractivity contribution < 1.29 is 9.52 Å². The lowest BCUT2D eigenvalue weighted by Crippen LogP contribution is -2.25. The number of rotatable bonds is 6. The molecule has 0 unspecified atom stereocenters. The molecule has 0 saturated heterocycles. The summed E-state index contributed by atoms with van der Waals surface area (Å²) >= 11 is 0. The molecule has 0 aliphatic heterocycles. The van der Waals surface area contributed by atoms with E-state index in [1.165, 1.54) is 24.5 Å². The highest BCUT2D eigenvalue weighted by atomic mass is 16.5. The molecule has 5 nitrogen and oxygen atoms in total. The minimum absolute atomic E-state index is 0.222. The minimum atomic E-state index is -0.222. The Morgan fingerprint density at radius 3 is 2.50 bits per heavy atom. The Morgan fingerprint density at radius 2 is 1.86 bits per heavy atom. The van der Waals surface area contributed by atoms with Gasteiger partial charge >= 0.3 is 0 Å². The largest absolute Gasteiger partial charge is 0.619 e. The number of amides is 1. The average Bonchev–Trinajstić information content (AvgIpc) is 2.53. The van der Waals surface area contributed by atoms with Gasteiger partial charge in [0.2, 0.25) is 0 Å². The van der Waals surface area contributed by atoms with Crippen molar-refractivity contribution in [3.8, 4) is 0 Å². The Hall–Kier alpha value is -2.40. The molecule has 1 N–H and O–H groups in total. The van der Waals surface area contributed by atoms with Crippen LogP contribution in [0.15, 0.2) is 48.8 Å². The van der Waals surface area contributed by atoms with Crippen LogP contribution in [0.3, 0.4) is 0 Å². The maximum absolute atomic E-state index is 12.1. The molecule has 0 fully saturated rings. The summed E-state index contributed by atoms with van der Waals surface area (Å²) < 4.78 is 0.654. The van der Waals surface area contributed by atoms with Gasteiger partial charge in [0.1, 0.15) is 0 Å². The molecule has 116 valence electrons. The molecule has 0 spiro atoms. The topological polar surface area (TPSA) is 59.3 Å². The summed E-state index contributed by atoms with van der Waals surface area (Å²) in [6, 6.07) is 10.8. The van der Waals surface area contributed by atoms with Crippen LogP contribution in [-0.2, 0) is 6.54 Å². The Morgan fingerprint density at radius 1 is 1.18 bits per heavy atom. The molecule has 0 bridgehead atoms. The van der Waals surface area contributed by atoms with Gasteiger partial charge in [0.15, 0.2) is 12.4 Å². The fourth-order valence-corrected chi connectivity index (χ4v) is 2.22. The van der Waals surface area contributed by atoms with Crippen molar-refractivity contribution in [2.24, 2.45) is 0 Å². The lowest BCUT2D eigenvalue weighted by Gasteiger charge is -2.18. The Balaban J connectivity index is 2.06. The van der Waals surface area contributed by atoms with Crippen molar-refractivity contribution in [1.29, 1.82) is 0 Å². The van der Waals surface area contributed by atoms with Gasteiger partial charge in [0.25, 0.3) is 5.91 Å². The summed E-state index contributed by atoms with van der Waals surface area (Å²) in [7, 11) is 0. The first-order chi connectivity index (χ1) is 10.6. The first kappa shape index (κ1) is 16.0. The molecular formula is C17H21N3O2. The quantitative estimate of drug-likeness (QED) is 0.658. The second-order valence-electron chi connectivity index (χ2n) is 5.06. The summed E-state index contributed by atoms with van der Waals surface area (Å²) in [5.74, 6) is -0.222. The van der Waals surface area contributed by atoms with E-state index < -0.39 is 0 Å². The zero-order valence-corrected chi connectivity index (χ0v) is 13.0. The molecule has 2 aromatic rings. The fourth-order valence-electron chi connectivity index (χ4n) is 2.22. The molecule has 1 amide bonds. The Kier molecular flexibility index (Phi) is 5.49. The molecule has 1 heterocycles. The van der Waals surface area contributed by atoms with Crippen molar-refractivity contribution in [1.82, 2.24) is 4.90 Å². The molecule has 22 heavy (non-hydrogen) atoms. The number of carbonyl (C=O) groups is 1. The molecule has 0 radical (unpaired) electrons. The highest BCUT2D eigenvalue weighted by Crippen LogP contribution is 2.14. The van der Waals surface area contributed by atoms with Crippen LogP contribution < -0.4 is 10.0 Å². The maximum atomic E-state index is 12.1. The number of nitrogens with one attached hydrogen (secondary N) is 1. The lowest BCUT2D eigenvalue weighted by atomic mass is 10.1. The molecule has 1 aromatic heterocycles. The number of anilines is 1. The van der Waals surface area contributed by atoms with Crippen LogP contribution in [0.5, 0.6) is 0 Å². The number of pyridine rings is 1. The van der Waals surface area contributed by atoms with Gasteiger partial charge in [-0.3, -0.25) is 9.69 Å². The number of carbonyl (C=O) groups excluding carboxylic acids is 1. The molecular weight excluding hydrogens is 278 g/mol. The van der Waals surface area contributed by atoms with E-state index in [2.05, 4.69) is 30.1 Å². The molecule has 0 aliphatic carbocycles. The molecule has 2 rings (SSSR count). The number of aromatic nitrogens is 1. The van der Waals surface area contributed by atoms with E-state index in [9.17, 15) is 10.0 Å². The van der Waals surface area contributed by atoms with Gasteiger partial charge in [0, 0.05) is 24.4 Å². The third kappa shape index (κ3) is 4.30. The van der Waals surface area contributed by atoms with Crippen LogP contribution in [0, 0.1) is 5.21 Å². The van der Waals surface area contributed by atoms with Gasteiger partial charge in [-0.05, 0) is 30.8 Å². The second kappa shape index (κ2) is 7.56. The number of nitrogens with zero attached hydrogens (tertiary/aromatic N) is 2. The van der Waals surface area contributed by atoms with Crippen molar-refractivity contribution in [2.75, 3.05) is 18.4 Å². The zero-order chi connectivity index (χ0) is 15.9. The first-order valence-electron chi connectivity index (χ1n) is 7.43. The van der Waals surface area contributed by atoms with E-state index in [1.54, 1.807) is 0 Å². The summed E-state index contributed by atoms with van der Waals surface area (Å²) in [6.45, 7) is 7.11. The van der Waals surface area contributed by atoms with Crippen LogP contribution in [0.1, 0.15) is 29.8 Å². The van der Waals surface area contributed by atoms with E-state index in [0.717, 1.165) is 30.9 Å². The van der Waals surface area contributed by atoms with Gasteiger partial charge in [-0.25, -0.2) is 0 Å². The van der Waals surface area contributed by atoms with E-state index in [-0.39, 0.29) is 5.91 Å². The molecule has 5 heteroatoms. The average molecular weight is 299 g/mol. The van der Waals surface area contributed by atoms with E-state index in [4.69, 9.17) is 0 Å². The monoisotopic (exact) mass is 299 g/mol. The zero-order valence-electron chi connectivity index (χ0n) is 13.0. The summed E-state index contributed by atoms with van der Waals surface area (Å²) in [6.07, 6.45) is 2.62. The van der Waals surface area contributed by atoms with Gasteiger partial charge in [-0.15, -0.1) is 0 Å². The highest BCUT2D eigenvalue weighted by Gasteiger charge is 2.08. The predicted octanol–water partition coefficient (Wildman–Crippen LogP) is 2.41. The maximum Gasteiger partial charge on any atom is 0.256 e. The van der Waals surface area contributed by atoms with Crippen LogP contribution >= 0.6 is 0 Å². The standard InChI is InChI=1S/C17H21N3O2/c1-3-19(4-2)13-14-6-5-7-16(12-14)18-17(21)15-8-10-20(22)11-9-15/h5-12H,3-4,13H2,1-2H3,(H,18,21). The first-order valence-corrected chi connectivity index (χ1v) is 7.43. The van der Waals surface area contributed by atoms with Crippen molar-refractivity contribution in [3.05, 3.63) is 65.1 Å². The second-order valence-corrected chi connectivity index (χ2v) is 5.06. The van der Waals surface area contributed by atoms with Gasteiger partial charge in [-0.2, -0.15) is 4.73 Å². The molecule has 0 saturated carbocycles. The fraction of sp³-hybridized carbons (Fsp3) is 0.294. The van der Waals surface area contributed by atoms with Crippen molar-refractivity contribution in [2.45, 2.75) is 20.4 Å². The van der Waals surface area contributed by atoms with Gasteiger partial charge in [-0.1, -0.05) is 26.0 Å². The van der Waals surface area contributed by atoms with Gasteiger partial charge < -0.3 is 10.5 Å². The summed E-state index contributed by atoms with van der Waals surface area (Å²) in [5.41, 5.74) is 2.38. The smallest absolute Gasteiger partial charge is 0.256 e. The van der Waals surface area contributed by atoms with E-state index in [0.29, 0.717) is 10.3 Å². The number of benzene rings is 1. The normalized spacial score (nSPS) is 10.7. The molecule has 1 aromatic carbocycles. The SMILES string of the molecule is CCN(CC)Cc1cccc(NC(=O)c2cc[n+]([O-])cc2)c1. The number of hydrogen-bond donors (Lipinski definition) is 1. The predicted molar refractivity (Wildman–Crippen MR) is 86.4 cm³/mol. The van der Waals surface area contributed by atoms with E-state index in [1.807, 2.05) is 18.2 Å². The van der Waals surface area contributed by atoms with Crippen LogP contribution in [0.4, 0.5) is 5.69 Å². The van der Waals surface area contributed by atoms with Crippen LogP contribution in [0.2, 0.25) is 0 Å². The molecule has 0 atom stereocenters. The van der Waals surface area contributed by atoms with Crippen molar-refractivity contribution in [3.63, 3.8) is 0 Å². The summed E-state index contributed by atoms with van der Waals surface area (Å²) in [5, 5.41) is 13.8. The Bertz CT molecular complexity index is 622. The summed E-state index contributed by atoms with van der Waals surface area (Å²) in [4.78, 5) is 14.4. The third-order valence-corrected chi connectivity index (χ3v) is 3.55. The highest BCUT2D eigenvalue weighted by molar-refractivity contribution is 6.04. The molecule has 0 aliphatic rings. The number of hydrogen-bond acceptors (Lipinski definition) is 3. The van der Waals surface area contributed by atoms with E-state index >= 15 is 0 Å². The Labute approximate surface area is 130 Å². The van der Waals surface area contributed by atoms with Crippen LogP contribution in [-0.4, -0.2) is 23.9 Å². The third-order valence-electron chi connectivity index (χ3n) is 3.55. The minimum Gasteiger partial charge on any atom is -0.619 e. The van der Waals surface area contributed by atoms with Gasteiger partial charge in [0.05, 0.1) is 5.56 Å². The van der Waals surface area contributed by atoms with Crippen molar-refractivity contribution >= 4 is 11.6 Å². The lowest BCUT2D eigenvalue weighted by molar-refractivity contribution is -0.605.